The summed E-state index contributed by atoms with van der Waals surface area (Å²) in [6, 6.07) is 2.81. The van der Waals surface area contributed by atoms with Gasteiger partial charge in [-0.3, -0.25) is 9.59 Å². The van der Waals surface area contributed by atoms with E-state index in [9.17, 15) is 24.6 Å². The Labute approximate surface area is 159 Å². The third kappa shape index (κ3) is 2.88. The number of hydrogen-bond donors (Lipinski definition) is 3. The van der Waals surface area contributed by atoms with Crippen LogP contribution in [0.3, 0.4) is 0 Å². The van der Waals surface area contributed by atoms with Crippen molar-refractivity contribution in [1.29, 1.82) is 0 Å². The first kappa shape index (κ1) is 19.3. The second-order valence-corrected chi connectivity index (χ2v) is 8.11. The van der Waals surface area contributed by atoms with Crippen LogP contribution in [0, 0.1) is 0 Å². The number of nitrogens with one attached hydrogen (secondary N) is 1. The molecule has 10 heteroatoms. The molecule has 2 saturated heterocycles. The molecule has 146 valence electrons. The average Bonchev–Trinajstić information content (AvgIpc) is 2.95. The molecule has 9 nitrogen and oxygen atoms in total. The molecule has 3 N–H and O–H groups in total. The highest BCUT2D eigenvalue weighted by Crippen LogP contribution is 2.51. The van der Waals surface area contributed by atoms with Gasteiger partial charge in [0.15, 0.2) is 0 Å². The van der Waals surface area contributed by atoms with E-state index in [-0.39, 0.29) is 17.1 Å². The number of fused-ring (bicyclic) bond motifs is 1. The number of nitrogens with zero attached hydrogens (tertiary/aromatic N) is 1. The quantitative estimate of drug-likeness (QED) is 0.570. The molecule has 1 aromatic carbocycles. The van der Waals surface area contributed by atoms with Crippen LogP contribution >= 0.6 is 11.8 Å². The van der Waals surface area contributed by atoms with Crippen LogP contribution in [0.5, 0.6) is 11.5 Å². The van der Waals surface area contributed by atoms with Crippen molar-refractivity contribution in [2.24, 2.45) is 0 Å². The van der Waals surface area contributed by atoms with Gasteiger partial charge < -0.3 is 29.9 Å². The number of aliphatic hydroxyl groups excluding tert-OH is 1. The maximum absolute atomic E-state index is 12.8. The van der Waals surface area contributed by atoms with Crippen molar-refractivity contribution in [1.82, 2.24) is 10.2 Å². The van der Waals surface area contributed by atoms with Gasteiger partial charge >= 0.3 is 5.97 Å². The first-order valence-corrected chi connectivity index (χ1v) is 9.02. The number of aliphatic carboxylic acids is 1. The van der Waals surface area contributed by atoms with Crippen LogP contribution in [0.15, 0.2) is 18.2 Å². The summed E-state index contributed by atoms with van der Waals surface area (Å²) in [4.78, 5) is 38.1. The summed E-state index contributed by atoms with van der Waals surface area (Å²) < 4.78 is 9.36. The molecule has 1 aromatic rings. The van der Waals surface area contributed by atoms with Gasteiger partial charge in [0.1, 0.15) is 34.5 Å². The predicted molar refractivity (Wildman–Crippen MR) is 95.9 cm³/mol. The van der Waals surface area contributed by atoms with Gasteiger partial charge in [-0.05, 0) is 19.1 Å². The minimum absolute atomic E-state index is 0.149. The standard InChI is InChI=1S/C17H20N2O7S/c1-17(7-20)12(16(23)24)19-14(22)11(15(19)27-17)18-13(21)10-8(25-2)5-4-6-9(10)26-3/h4-6,11-12,15,20H,7H2,1-3H3,(H,18,21)(H,23,24)/t11-,12+,15-,17?/m1/s1. The SMILES string of the molecule is COc1cccc(OC)c1C(=O)N[C@@H]1C(=O)N2[C@@H]1SC(C)(CO)[C@@H]2C(=O)O. The average molecular weight is 396 g/mol. The van der Waals surface area contributed by atoms with E-state index in [1.807, 2.05) is 0 Å². The fraction of sp³-hybridized carbons (Fsp3) is 0.471. The molecule has 27 heavy (non-hydrogen) atoms. The monoisotopic (exact) mass is 396 g/mol. The van der Waals surface area contributed by atoms with Crippen LogP contribution in [-0.2, 0) is 9.59 Å². The number of rotatable bonds is 6. The van der Waals surface area contributed by atoms with Gasteiger partial charge in [-0.2, -0.15) is 0 Å². The number of benzene rings is 1. The van der Waals surface area contributed by atoms with E-state index in [1.54, 1.807) is 25.1 Å². The first-order chi connectivity index (χ1) is 12.8. The van der Waals surface area contributed by atoms with Gasteiger partial charge in [-0.1, -0.05) is 6.07 Å². The molecule has 2 amide bonds. The normalized spacial score (nSPS) is 29.0. The van der Waals surface area contributed by atoms with Gasteiger partial charge in [0, 0.05) is 0 Å². The van der Waals surface area contributed by atoms with Crippen LogP contribution in [0.4, 0.5) is 0 Å². The van der Waals surface area contributed by atoms with E-state index < -0.39 is 46.6 Å². The number of amides is 2. The summed E-state index contributed by atoms with van der Waals surface area (Å²) in [6.07, 6.45) is 0. The third-order valence-corrected chi connectivity index (χ3v) is 6.45. The van der Waals surface area contributed by atoms with Gasteiger partial charge in [-0.15, -0.1) is 11.8 Å². The van der Waals surface area contributed by atoms with Crippen molar-refractivity contribution >= 4 is 29.5 Å². The number of carboxylic acids is 1. The number of carbonyl (C=O) groups excluding carboxylic acids is 2. The molecule has 2 aliphatic rings. The number of carboxylic acid groups (broad SMARTS) is 1. The van der Waals surface area contributed by atoms with E-state index >= 15 is 0 Å². The fourth-order valence-corrected chi connectivity index (χ4v) is 5.07. The Kier molecular flexibility index (Phi) is 4.96. The summed E-state index contributed by atoms with van der Waals surface area (Å²) in [6.45, 7) is 1.18. The minimum Gasteiger partial charge on any atom is -0.496 e. The van der Waals surface area contributed by atoms with Crippen molar-refractivity contribution in [3.63, 3.8) is 0 Å². The van der Waals surface area contributed by atoms with Crippen LogP contribution in [-0.4, -0.2) is 75.9 Å². The molecule has 4 atom stereocenters. The smallest absolute Gasteiger partial charge is 0.328 e. The van der Waals surface area contributed by atoms with Crippen molar-refractivity contribution in [2.45, 2.75) is 29.1 Å². The Hall–Kier alpha value is -2.46. The minimum atomic E-state index is -1.19. The molecular formula is C17H20N2O7S. The summed E-state index contributed by atoms with van der Waals surface area (Å²) >= 11 is 1.17. The second kappa shape index (κ2) is 6.93. The Bertz CT molecular complexity index is 779. The number of β-lactam (4-membered cyclic amide) rings is 1. The second-order valence-electron chi connectivity index (χ2n) is 6.45. The third-order valence-electron chi connectivity index (χ3n) is 4.82. The zero-order chi connectivity index (χ0) is 19.9. The van der Waals surface area contributed by atoms with Crippen LogP contribution in [0.25, 0.3) is 0 Å². The molecule has 2 aliphatic heterocycles. The highest BCUT2D eigenvalue weighted by Gasteiger charge is 2.65. The van der Waals surface area contributed by atoms with E-state index in [0.717, 1.165) is 0 Å². The maximum atomic E-state index is 12.8. The number of thioether (sulfide) groups is 1. The molecule has 1 unspecified atom stereocenters. The van der Waals surface area contributed by atoms with Crippen LogP contribution < -0.4 is 14.8 Å². The Morgan fingerprint density at radius 3 is 2.37 bits per heavy atom. The van der Waals surface area contributed by atoms with Crippen LogP contribution in [0.2, 0.25) is 0 Å². The number of aliphatic hydroxyl groups is 1. The predicted octanol–water partition coefficient (Wildman–Crippen LogP) is -0.0785. The molecule has 3 rings (SSSR count). The highest BCUT2D eigenvalue weighted by atomic mass is 32.2. The van der Waals surface area contributed by atoms with Crippen molar-refractivity contribution < 1.29 is 34.1 Å². The number of hydrogen-bond acceptors (Lipinski definition) is 7. The molecule has 0 saturated carbocycles. The molecule has 0 spiro atoms. The summed E-state index contributed by atoms with van der Waals surface area (Å²) in [5, 5.41) is 21.2. The molecular weight excluding hydrogens is 376 g/mol. The van der Waals surface area contributed by atoms with Gasteiger partial charge in [0.25, 0.3) is 5.91 Å². The summed E-state index contributed by atoms with van der Waals surface area (Å²) in [7, 11) is 2.83. The van der Waals surface area contributed by atoms with E-state index in [1.165, 1.54) is 30.9 Å². The molecule has 0 radical (unpaired) electrons. The van der Waals surface area contributed by atoms with E-state index in [0.29, 0.717) is 0 Å². The molecule has 0 aliphatic carbocycles. The summed E-state index contributed by atoms with van der Waals surface area (Å²) in [5.41, 5.74) is 0.149. The lowest BCUT2D eigenvalue weighted by atomic mass is 9.95. The molecule has 0 aromatic heterocycles. The number of methoxy groups -OCH3 is 2. The number of carbonyl (C=O) groups is 3. The zero-order valence-electron chi connectivity index (χ0n) is 15.0. The summed E-state index contributed by atoms with van der Waals surface area (Å²) in [5.74, 6) is -1.67. The Balaban J connectivity index is 1.84. The van der Waals surface area contributed by atoms with Gasteiger partial charge in [-0.25, -0.2) is 4.79 Å². The Morgan fingerprint density at radius 1 is 1.30 bits per heavy atom. The van der Waals surface area contributed by atoms with Crippen molar-refractivity contribution in [3.05, 3.63) is 23.8 Å². The van der Waals surface area contributed by atoms with Crippen molar-refractivity contribution in [3.8, 4) is 11.5 Å². The molecule has 0 bridgehead atoms. The van der Waals surface area contributed by atoms with E-state index in [2.05, 4.69) is 5.32 Å². The lowest BCUT2D eigenvalue weighted by Gasteiger charge is -2.43. The molecule has 2 fully saturated rings. The first-order valence-electron chi connectivity index (χ1n) is 8.14. The van der Waals surface area contributed by atoms with Gasteiger partial charge in [0.2, 0.25) is 5.91 Å². The highest BCUT2D eigenvalue weighted by molar-refractivity contribution is 8.01. The maximum Gasteiger partial charge on any atom is 0.328 e. The molecule has 2 heterocycles. The van der Waals surface area contributed by atoms with E-state index in [4.69, 9.17) is 9.47 Å². The van der Waals surface area contributed by atoms with Crippen molar-refractivity contribution in [2.75, 3.05) is 20.8 Å². The Morgan fingerprint density at radius 2 is 1.89 bits per heavy atom. The topological polar surface area (TPSA) is 125 Å². The van der Waals surface area contributed by atoms with Gasteiger partial charge in [0.05, 0.1) is 25.6 Å². The zero-order valence-corrected chi connectivity index (χ0v) is 15.8. The number of ether oxygens (including phenoxy) is 2. The fourth-order valence-electron chi connectivity index (χ4n) is 3.45. The van der Waals surface area contributed by atoms with Crippen LogP contribution in [0.1, 0.15) is 17.3 Å². The largest absolute Gasteiger partial charge is 0.496 e. The lowest BCUT2D eigenvalue weighted by Crippen LogP contribution is -2.70. The lowest BCUT2D eigenvalue weighted by molar-refractivity contribution is -0.160.